The van der Waals surface area contributed by atoms with Crippen molar-refractivity contribution in [2.75, 3.05) is 13.7 Å². The molecule has 1 unspecified atom stereocenters. The largest absolute Gasteiger partial charge is 0.496 e. The Morgan fingerprint density at radius 1 is 1.38 bits per heavy atom. The number of thiazole rings is 1. The first-order valence-corrected chi connectivity index (χ1v) is 8.47. The summed E-state index contributed by atoms with van der Waals surface area (Å²) in [6, 6.07) is 8.66. The Morgan fingerprint density at radius 2 is 2.24 bits per heavy atom. The molecule has 3 nitrogen and oxygen atoms in total. The molecular formula is C17H22N2OS. The third kappa shape index (κ3) is 3.11. The first-order chi connectivity index (χ1) is 10.3. The van der Waals surface area contributed by atoms with Crippen LogP contribution in [-0.2, 0) is 12.8 Å². The molecule has 1 N–H and O–H groups in total. The summed E-state index contributed by atoms with van der Waals surface area (Å²) in [7, 11) is 1.73. The Bertz CT molecular complexity index is 609. The standard InChI is InChI=1S/C17H22N2OS/c1-3-18-13-8-6-10-15-17(13)19-16(21-15)11-12-7-4-5-9-14(12)20-2/h4-5,7,9,13,18H,3,6,8,10-11H2,1-2H3. The minimum absolute atomic E-state index is 0.446. The van der Waals surface area contributed by atoms with E-state index in [1.165, 1.54) is 40.4 Å². The number of rotatable bonds is 5. The summed E-state index contributed by atoms with van der Waals surface area (Å²) in [5.74, 6) is 0.953. The van der Waals surface area contributed by atoms with E-state index < -0.39 is 0 Å². The van der Waals surface area contributed by atoms with E-state index in [0.29, 0.717) is 6.04 Å². The maximum absolute atomic E-state index is 5.44. The minimum Gasteiger partial charge on any atom is -0.496 e. The van der Waals surface area contributed by atoms with Crippen LogP contribution in [0.3, 0.4) is 0 Å². The second-order valence-corrected chi connectivity index (χ2v) is 6.58. The lowest BCUT2D eigenvalue weighted by Gasteiger charge is -2.21. The van der Waals surface area contributed by atoms with Crippen molar-refractivity contribution in [1.82, 2.24) is 10.3 Å². The van der Waals surface area contributed by atoms with Crippen LogP contribution in [0.4, 0.5) is 0 Å². The summed E-state index contributed by atoms with van der Waals surface area (Å²) in [6.07, 6.45) is 4.51. The van der Waals surface area contributed by atoms with Crippen LogP contribution < -0.4 is 10.1 Å². The maximum Gasteiger partial charge on any atom is 0.122 e. The summed E-state index contributed by atoms with van der Waals surface area (Å²) in [5, 5.41) is 4.76. The Kier molecular flexibility index (Phi) is 4.56. The number of hydrogen-bond acceptors (Lipinski definition) is 4. The summed E-state index contributed by atoms with van der Waals surface area (Å²) >= 11 is 1.87. The highest BCUT2D eigenvalue weighted by atomic mass is 32.1. The summed E-state index contributed by atoms with van der Waals surface area (Å²) in [5.41, 5.74) is 2.50. The molecule has 1 aliphatic rings. The van der Waals surface area contributed by atoms with Gasteiger partial charge in [0.2, 0.25) is 0 Å². The lowest BCUT2D eigenvalue weighted by Crippen LogP contribution is -2.24. The van der Waals surface area contributed by atoms with E-state index in [-0.39, 0.29) is 0 Å². The number of methoxy groups -OCH3 is 1. The molecule has 0 radical (unpaired) electrons. The van der Waals surface area contributed by atoms with Gasteiger partial charge in [0, 0.05) is 16.9 Å². The van der Waals surface area contributed by atoms with Crippen LogP contribution in [0, 0.1) is 0 Å². The fourth-order valence-corrected chi connectivity index (χ4v) is 4.20. The number of aryl methyl sites for hydroxylation is 1. The maximum atomic E-state index is 5.44. The molecule has 0 saturated carbocycles. The van der Waals surface area contributed by atoms with Crippen LogP contribution in [0.25, 0.3) is 0 Å². The molecule has 21 heavy (non-hydrogen) atoms. The third-order valence-electron chi connectivity index (χ3n) is 3.98. The van der Waals surface area contributed by atoms with Gasteiger partial charge in [-0.05, 0) is 31.9 Å². The van der Waals surface area contributed by atoms with Gasteiger partial charge in [0.25, 0.3) is 0 Å². The first kappa shape index (κ1) is 14.5. The molecule has 3 rings (SSSR count). The molecule has 4 heteroatoms. The van der Waals surface area contributed by atoms with E-state index >= 15 is 0 Å². The lowest BCUT2D eigenvalue weighted by molar-refractivity contribution is 0.410. The Hall–Kier alpha value is -1.39. The number of aromatic nitrogens is 1. The van der Waals surface area contributed by atoms with Crippen molar-refractivity contribution in [1.29, 1.82) is 0 Å². The van der Waals surface area contributed by atoms with E-state index in [1.54, 1.807) is 7.11 Å². The van der Waals surface area contributed by atoms with Crippen molar-refractivity contribution in [3.05, 3.63) is 45.4 Å². The van der Waals surface area contributed by atoms with Crippen molar-refractivity contribution in [2.45, 2.75) is 38.6 Å². The molecule has 2 aromatic rings. The molecule has 1 aromatic carbocycles. The quantitative estimate of drug-likeness (QED) is 0.914. The van der Waals surface area contributed by atoms with Crippen LogP contribution >= 0.6 is 11.3 Å². The van der Waals surface area contributed by atoms with Gasteiger partial charge in [-0.15, -0.1) is 11.3 Å². The van der Waals surface area contributed by atoms with Gasteiger partial charge in [0.15, 0.2) is 0 Å². The average Bonchev–Trinajstić information content (AvgIpc) is 2.92. The van der Waals surface area contributed by atoms with Gasteiger partial charge in [-0.25, -0.2) is 4.98 Å². The zero-order chi connectivity index (χ0) is 14.7. The fraction of sp³-hybridized carbons (Fsp3) is 0.471. The van der Waals surface area contributed by atoms with E-state index in [1.807, 2.05) is 23.5 Å². The van der Waals surface area contributed by atoms with Gasteiger partial charge in [0.1, 0.15) is 5.75 Å². The molecular weight excluding hydrogens is 280 g/mol. The predicted octanol–water partition coefficient (Wildman–Crippen LogP) is 3.73. The van der Waals surface area contributed by atoms with Gasteiger partial charge >= 0.3 is 0 Å². The SMILES string of the molecule is CCNC1CCCc2sc(Cc3ccccc3OC)nc21. The predicted molar refractivity (Wildman–Crippen MR) is 87.3 cm³/mol. The number of para-hydroxylation sites is 1. The lowest BCUT2D eigenvalue weighted by atomic mass is 9.97. The molecule has 1 atom stereocenters. The number of nitrogens with zero attached hydrogens (tertiary/aromatic N) is 1. The van der Waals surface area contributed by atoms with Crippen molar-refractivity contribution in [3.8, 4) is 5.75 Å². The molecule has 112 valence electrons. The molecule has 0 bridgehead atoms. The zero-order valence-corrected chi connectivity index (χ0v) is 13.5. The molecule has 0 aliphatic heterocycles. The summed E-state index contributed by atoms with van der Waals surface area (Å²) < 4.78 is 5.44. The van der Waals surface area contributed by atoms with E-state index in [2.05, 4.69) is 24.4 Å². The van der Waals surface area contributed by atoms with Crippen LogP contribution in [0.2, 0.25) is 0 Å². The van der Waals surface area contributed by atoms with Crippen LogP contribution in [0.5, 0.6) is 5.75 Å². The normalized spacial score (nSPS) is 17.5. The number of ether oxygens (including phenoxy) is 1. The summed E-state index contributed by atoms with van der Waals surface area (Å²) in [6.45, 7) is 3.17. The topological polar surface area (TPSA) is 34.1 Å². The molecule has 0 saturated heterocycles. The molecule has 1 aromatic heterocycles. The zero-order valence-electron chi connectivity index (χ0n) is 12.7. The van der Waals surface area contributed by atoms with Gasteiger partial charge < -0.3 is 10.1 Å². The Labute approximate surface area is 130 Å². The monoisotopic (exact) mass is 302 g/mol. The van der Waals surface area contributed by atoms with E-state index in [4.69, 9.17) is 9.72 Å². The molecule has 0 fully saturated rings. The highest BCUT2D eigenvalue weighted by Crippen LogP contribution is 2.34. The van der Waals surface area contributed by atoms with Crippen LogP contribution in [0.1, 0.15) is 46.9 Å². The smallest absolute Gasteiger partial charge is 0.122 e. The van der Waals surface area contributed by atoms with Crippen LogP contribution in [-0.4, -0.2) is 18.6 Å². The highest BCUT2D eigenvalue weighted by Gasteiger charge is 2.24. The van der Waals surface area contributed by atoms with Crippen molar-refractivity contribution >= 4 is 11.3 Å². The van der Waals surface area contributed by atoms with E-state index in [9.17, 15) is 0 Å². The third-order valence-corrected chi connectivity index (χ3v) is 5.11. The number of nitrogens with one attached hydrogen (secondary N) is 1. The first-order valence-electron chi connectivity index (χ1n) is 7.65. The van der Waals surface area contributed by atoms with Crippen molar-refractivity contribution in [3.63, 3.8) is 0 Å². The number of hydrogen-bond donors (Lipinski definition) is 1. The van der Waals surface area contributed by atoms with Crippen LogP contribution in [0.15, 0.2) is 24.3 Å². The van der Waals surface area contributed by atoms with Gasteiger partial charge in [-0.1, -0.05) is 25.1 Å². The molecule has 0 spiro atoms. The molecule has 0 amide bonds. The summed E-state index contributed by atoms with van der Waals surface area (Å²) in [4.78, 5) is 6.39. The van der Waals surface area contributed by atoms with E-state index in [0.717, 1.165) is 18.7 Å². The minimum atomic E-state index is 0.446. The number of benzene rings is 1. The Morgan fingerprint density at radius 3 is 3.05 bits per heavy atom. The highest BCUT2D eigenvalue weighted by molar-refractivity contribution is 7.11. The van der Waals surface area contributed by atoms with Gasteiger partial charge in [0.05, 0.1) is 23.9 Å². The second-order valence-electron chi connectivity index (χ2n) is 5.41. The van der Waals surface area contributed by atoms with Gasteiger partial charge in [-0.2, -0.15) is 0 Å². The van der Waals surface area contributed by atoms with Crippen molar-refractivity contribution < 1.29 is 4.74 Å². The molecule has 1 aliphatic carbocycles. The number of fused-ring (bicyclic) bond motifs is 1. The van der Waals surface area contributed by atoms with Crippen molar-refractivity contribution in [2.24, 2.45) is 0 Å². The fourth-order valence-electron chi connectivity index (χ4n) is 3.00. The Balaban J connectivity index is 1.84. The molecule has 1 heterocycles. The average molecular weight is 302 g/mol. The second kappa shape index (κ2) is 6.58. The van der Waals surface area contributed by atoms with Gasteiger partial charge in [-0.3, -0.25) is 0 Å².